The Bertz CT molecular complexity index is 286. The molecular formula is C6H8N2OS. The van der Waals surface area contributed by atoms with Crippen molar-refractivity contribution in [2.75, 3.05) is 0 Å². The van der Waals surface area contributed by atoms with Crippen LogP contribution in [0, 0.1) is 6.92 Å². The van der Waals surface area contributed by atoms with Crippen molar-refractivity contribution in [2.24, 2.45) is 0 Å². The first-order chi connectivity index (χ1) is 4.74. The van der Waals surface area contributed by atoms with Gasteiger partial charge in [-0.2, -0.15) is 5.10 Å². The van der Waals surface area contributed by atoms with E-state index in [9.17, 15) is 4.79 Å². The van der Waals surface area contributed by atoms with Crippen LogP contribution >= 0.6 is 11.3 Å². The highest BCUT2D eigenvalue weighted by molar-refractivity contribution is 7.08. The lowest BCUT2D eigenvalue weighted by atomic mass is 10.6. The standard InChI is InChI=1S/C6H8N2OS/c1-3-4-8-6(9)10-5(2)7-8/h3H,1,4H2,2H3. The summed E-state index contributed by atoms with van der Waals surface area (Å²) in [5.41, 5.74) is 0. The molecule has 1 aromatic rings. The minimum atomic E-state index is -0.0163. The Labute approximate surface area is 62.6 Å². The SMILES string of the molecule is C=CCn1nc(C)sc1=O. The van der Waals surface area contributed by atoms with Crippen LogP contribution in [-0.4, -0.2) is 9.78 Å². The quantitative estimate of drug-likeness (QED) is 0.593. The average Bonchev–Trinajstić information content (AvgIpc) is 2.13. The molecule has 0 aromatic carbocycles. The van der Waals surface area contributed by atoms with Gasteiger partial charge in [0, 0.05) is 0 Å². The van der Waals surface area contributed by atoms with Crippen molar-refractivity contribution >= 4 is 11.3 Å². The van der Waals surface area contributed by atoms with E-state index in [1.807, 2.05) is 6.92 Å². The van der Waals surface area contributed by atoms with E-state index in [0.717, 1.165) is 16.3 Å². The molecule has 0 N–H and O–H groups in total. The van der Waals surface area contributed by atoms with Gasteiger partial charge in [-0.15, -0.1) is 6.58 Å². The summed E-state index contributed by atoms with van der Waals surface area (Å²) < 4.78 is 1.40. The average molecular weight is 156 g/mol. The molecule has 0 saturated carbocycles. The highest BCUT2D eigenvalue weighted by Crippen LogP contribution is 1.93. The molecule has 3 nitrogen and oxygen atoms in total. The molecule has 0 aliphatic rings. The molecule has 1 rings (SSSR count). The maximum Gasteiger partial charge on any atom is 0.325 e. The van der Waals surface area contributed by atoms with Crippen LogP contribution in [0.1, 0.15) is 5.01 Å². The first-order valence-corrected chi connectivity index (χ1v) is 3.71. The zero-order chi connectivity index (χ0) is 7.56. The van der Waals surface area contributed by atoms with Crippen LogP contribution in [-0.2, 0) is 6.54 Å². The van der Waals surface area contributed by atoms with E-state index < -0.39 is 0 Å². The number of hydrogen-bond acceptors (Lipinski definition) is 3. The van der Waals surface area contributed by atoms with E-state index >= 15 is 0 Å². The lowest BCUT2D eigenvalue weighted by Gasteiger charge is -1.88. The second-order valence-corrected chi connectivity index (χ2v) is 3.00. The van der Waals surface area contributed by atoms with Gasteiger partial charge in [0.2, 0.25) is 0 Å². The van der Waals surface area contributed by atoms with Crippen LogP contribution in [0.4, 0.5) is 0 Å². The summed E-state index contributed by atoms with van der Waals surface area (Å²) >= 11 is 1.16. The highest BCUT2D eigenvalue weighted by atomic mass is 32.1. The van der Waals surface area contributed by atoms with Crippen molar-refractivity contribution in [3.63, 3.8) is 0 Å². The molecule has 0 saturated heterocycles. The highest BCUT2D eigenvalue weighted by Gasteiger charge is 1.97. The topological polar surface area (TPSA) is 34.9 Å². The molecule has 0 amide bonds. The Balaban J connectivity index is 3.03. The number of rotatable bonds is 2. The lowest BCUT2D eigenvalue weighted by molar-refractivity contribution is 0.673. The van der Waals surface area contributed by atoms with Crippen LogP contribution in [0.15, 0.2) is 17.4 Å². The summed E-state index contributed by atoms with van der Waals surface area (Å²) in [4.78, 5) is 10.9. The summed E-state index contributed by atoms with van der Waals surface area (Å²) in [5, 5.41) is 4.75. The number of allylic oxidation sites excluding steroid dienone is 1. The molecule has 0 aliphatic carbocycles. The summed E-state index contributed by atoms with van der Waals surface area (Å²) in [6, 6.07) is 0. The van der Waals surface area contributed by atoms with Crippen molar-refractivity contribution in [3.8, 4) is 0 Å². The van der Waals surface area contributed by atoms with Gasteiger partial charge in [0.15, 0.2) is 0 Å². The fraction of sp³-hybridized carbons (Fsp3) is 0.333. The molecule has 54 valence electrons. The Morgan fingerprint density at radius 1 is 1.90 bits per heavy atom. The van der Waals surface area contributed by atoms with Gasteiger partial charge in [0.1, 0.15) is 5.01 Å². The van der Waals surface area contributed by atoms with Crippen molar-refractivity contribution in [1.29, 1.82) is 0 Å². The van der Waals surface area contributed by atoms with Crippen LogP contribution < -0.4 is 4.87 Å². The molecule has 0 radical (unpaired) electrons. The molecule has 0 aliphatic heterocycles. The van der Waals surface area contributed by atoms with E-state index in [0.29, 0.717) is 6.54 Å². The molecule has 0 bridgehead atoms. The van der Waals surface area contributed by atoms with Crippen molar-refractivity contribution in [1.82, 2.24) is 9.78 Å². The second kappa shape index (κ2) is 2.79. The van der Waals surface area contributed by atoms with Crippen molar-refractivity contribution < 1.29 is 0 Å². The predicted molar refractivity (Wildman–Crippen MR) is 41.3 cm³/mol. The van der Waals surface area contributed by atoms with Gasteiger partial charge in [-0.1, -0.05) is 17.4 Å². The second-order valence-electron chi connectivity index (χ2n) is 1.86. The molecule has 0 fully saturated rings. The van der Waals surface area contributed by atoms with E-state index in [1.54, 1.807) is 6.08 Å². The third-order valence-electron chi connectivity index (χ3n) is 1.01. The molecule has 1 heterocycles. The lowest BCUT2D eigenvalue weighted by Crippen LogP contribution is -2.12. The maximum atomic E-state index is 10.9. The molecule has 0 atom stereocenters. The number of aromatic nitrogens is 2. The first kappa shape index (κ1) is 7.21. The van der Waals surface area contributed by atoms with E-state index in [2.05, 4.69) is 11.7 Å². The summed E-state index contributed by atoms with van der Waals surface area (Å²) in [5.74, 6) is 0. The van der Waals surface area contributed by atoms with Gasteiger partial charge < -0.3 is 0 Å². The monoisotopic (exact) mass is 156 g/mol. The van der Waals surface area contributed by atoms with Gasteiger partial charge in [-0.25, -0.2) is 4.68 Å². The fourth-order valence-corrected chi connectivity index (χ4v) is 1.26. The molecule has 0 spiro atoms. The zero-order valence-electron chi connectivity index (χ0n) is 5.70. The largest absolute Gasteiger partial charge is 0.325 e. The fourth-order valence-electron chi connectivity index (χ4n) is 0.648. The zero-order valence-corrected chi connectivity index (χ0v) is 6.52. The number of nitrogens with zero attached hydrogens (tertiary/aromatic N) is 2. The van der Waals surface area contributed by atoms with Gasteiger partial charge in [0.25, 0.3) is 0 Å². The van der Waals surface area contributed by atoms with Crippen LogP contribution in [0.5, 0.6) is 0 Å². The number of hydrogen-bond donors (Lipinski definition) is 0. The maximum absolute atomic E-state index is 10.9. The molecule has 10 heavy (non-hydrogen) atoms. The predicted octanol–water partition coefficient (Wildman–Crippen LogP) is 0.799. The van der Waals surface area contributed by atoms with Crippen molar-refractivity contribution in [2.45, 2.75) is 13.5 Å². The molecule has 1 aromatic heterocycles. The van der Waals surface area contributed by atoms with Gasteiger partial charge >= 0.3 is 4.87 Å². The van der Waals surface area contributed by atoms with Crippen molar-refractivity contribution in [3.05, 3.63) is 27.3 Å². The molecule has 4 heteroatoms. The van der Waals surface area contributed by atoms with Crippen LogP contribution in [0.25, 0.3) is 0 Å². The van der Waals surface area contributed by atoms with E-state index in [4.69, 9.17) is 0 Å². The molecule has 0 unspecified atom stereocenters. The minimum Gasteiger partial charge on any atom is -0.255 e. The van der Waals surface area contributed by atoms with Gasteiger partial charge in [-0.3, -0.25) is 4.79 Å². The number of aryl methyl sites for hydroxylation is 1. The normalized spacial score (nSPS) is 9.70. The van der Waals surface area contributed by atoms with Crippen LogP contribution in [0.3, 0.4) is 0 Å². The Hall–Kier alpha value is -0.900. The minimum absolute atomic E-state index is 0.0163. The third kappa shape index (κ3) is 1.33. The van der Waals surface area contributed by atoms with E-state index in [1.165, 1.54) is 4.68 Å². The van der Waals surface area contributed by atoms with E-state index in [-0.39, 0.29) is 4.87 Å². The van der Waals surface area contributed by atoms with Gasteiger partial charge in [0.05, 0.1) is 6.54 Å². The smallest absolute Gasteiger partial charge is 0.255 e. The Morgan fingerprint density at radius 2 is 2.60 bits per heavy atom. The summed E-state index contributed by atoms with van der Waals surface area (Å²) in [7, 11) is 0. The third-order valence-corrected chi connectivity index (χ3v) is 1.77. The summed E-state index contributed by atoms with van der Waals surface area (Å²) in [6.45, 7) is 5.83. The molecular weight excluding hydrogens is 148 g/mol. The Morgan fingerprint density at radius 3 is 3.00 bits per heavy atom. The van der Waals surface area contributed by atoms with Gasteiger partial charge in [-0.05, 0) is 6.92 Å². The summed E-state index contributed by atoms with van der Waals surface area (Å²) in [6.07, 6.45) is 1.65. The Kier molecular flexibility index (Phi) is 2.01. The van der Waals surface area contributed by atoms with Crippen LogP contribution in [0.2, 0.25) is 0 Å². The first-order valence-electron chi connectivity index (χ1n) is 2.89.